The molecule has 0 bridgehead atoms. The molecule has 37 heavy (non-hydrogen) atoms. The number of hydrogen-bond acceptors (Lipinski definition) is 0. The minimum atomic E-state index is -0.884. The van der Waals surface area contributed by atoms with Crippen LogP contribution in [0.2, 0.25) is 0 Å². The fourth-order valence-electron chi connectivity index (χ4n) is 6.09. The van der Waals surface area contributed by atoms with E-state index in [0.29, 0.717) is 9.54 Å². The van der Waals surface area contributed by atoms with E-state index in [2.05, 4.69) is 120 Å². The summed E-state index contributed by atoms with van der Waals surface area (Å²) in [4.78, 5) is 0. The molecular weight excluding hydrogens is 571 g/mol. The van der Waals surface area contributed by atoms with Crippen molar-refractivity contribution in [2.45, 2.75) is 104 Å². The molecule has 3 heteroatoms. The van der Waals surface area contributed by atoms with Gasteiger partial charge < -0.3 is 24.8 Å². The summed E-state index contributed by atoms with van der Waals surface area (Å²) >= 11 is -0.884. The maximum absolute atomic E-state index is 2.62. The number of halogens is 2. The first-order chi connectivity index (χ1) is 16.0. The van der Waals surface area contributed by atoms with E-state index in [1.807, 2.05) is 0 Å². The number of benzene rings is 2. The molecule has 0 spiro atoms. The van der Waals surface area contributed by atoms with Crippen molar-refractivity contribution in [1.29, 1.82) is 0 Å². The summed E-state index contributed by atoms with van der Waals surface area (Å²) in [6, 6.07) is 10.3. The molecule has 0 saturated carbocycles. The second-order valence-electron chi connectivity index (χ2n) is 14.1. The molecule has 0 radical (unpaired) electrons. The predicted molar refractivity (Wildman–Crippen MR) is 150 cm³/mol. The van der Waals surface area contributed by atoms with E-state index >= 15 is 0 Å². The first-order valence-corrected chi connectivity index (χ1v) is 16.2. The van der Waals surface area contributed by atoms with Crippen LogP contribution in [-0.2, 0) is 34.1 Å². The average molecular weight is 617 g/mol. The van der Waals surface area contributed by atoms with E-state index in [-0.39, 0.29) is 41.1 Å². The minimum absolute atomic E-state index is 0. The van der Waals surface area contributed by atoms with Gasteiger partial charge in [-0.05, 0) is 0 Å². The molecule has 1 unspecified atom stereocenters. The molecule has 2 aliphatic carbocycles. The molecule has 2 aliphatic rings. The van der Waals surface area contributed by atoms with Crippen LogP contribution in [0.4, 0.5) is 0 Å². The smallest absolute Gasteiger partial charge is 1.00 e. The van der Waals surface area contributed by atoms with Crippen LogP contribution in [-0.4, -0.2) is 0 Å². The molecule has 0 amide bonds. The fourth-order valence-corrected chi connectivity index (χ4v) is 10.7. The largest absolute Gasteiger partial charge is 1.00 e. The molecule has 0 fully saturated rings. The molecular formula is C34H46Cl2Zr. The Kier molecular flexibility index (Phi) is 9.78. The van der Waals surface area contributed by atoms with E-state index in [0.717, 1.165) is 0 Å². The molecule has 4 rings (SSSR count). The second kappa shape index (κ2) is 11.1. The number of aryl methyl sites for hydroxylation is 2. The molecule has 0 heterocycles. The quantitative estimate of drug-likeness (QED) is 0.490. The predicted octanol–water partition coefficient (Wildman–Crippen LogP) is 3.95. The summed E-state index contributed by atoms with van der Waals surface area (Å²) in [7, 11) is 0. The normalized spacial score (nSPS) is 17.2. The van der Waals surface area contributed by atoms with E-state index in [1.54, 1.807) is 20.0 Å². The van der Waals surface area contributed by atoms with E-state index in [1.165, 1.54) is 39.8 Å². The Hall–Kier alpha value is -0.617. The van der Waals surface area contributed by atoms with Gasteiger partial charge >= 0.3 is 228 Å². The molecule has 0 aliphatic heterocycles. The summed E-state index contributed by atoms with van der Waals surface area (Å²) in [6.45, 7) is 28.3. The van der Waals surface area contributed by atoms with Gasteiger partial charge in [-0.25, -0.2) is 0 Å². The van der Waals surface area contributed by atoms with Crippen LogP contribution in [0.1, 0.15) is 113 Å². The van der Waals surface area contributed by atoms with Crippen LogP contribution in [0, 0.1) is 25.2 Å². The Morgan fingerprint density at radius 1 is 0.676 bits per heavy atom. The Balaban J connectivity index is 0.00000241. The van der Waals surface area contributed by atoms with Gasteiger partial charge in [0.25, 0.3) is 0 Å². The molecule has 0 aromatic heterocycles. The van der Waals surface area contributed by atoms with Gasteiger partial charge in [0.2, 0.25) is 0 Å². The van der Waals surface area contributed by atoms with Gasteiger partial charge in [-0.3, -0.25) is 0 Å². The fraction of sp³-hybridized carbons (Fsp3) is 0.529. The maximum atomic E-state index is 2.62. The summed E-state index contributed by atoms with van der Waals surface area (Å²) in [5.41, 5.74) is 14.3. The topological polar surface area (TPSA) is 0 Å². The monoisotopic (exact) mass is 614 g/mol. The summed E-state index contributed by atoms with van der Waals surface area (Å²) in [6.07, 6.45) is 6.43. The summed E-state index contributed by atoms with van der Waals surface area (Å²) in [5.74, 6) is 0.646. The Morgan fingerprint density at radius 3 is 1.46 bits per heavy atom. The van der Waals surface area contributed by atoms with E-state index in [9.17, 15) is 0 Å². The van der Waals surface area contributed by atoms with E-state index in [4.69, 9.17) is 0 Å². The number of hydrogen-bond donors (Lipinski definition) is 0. The van der Waals surface area contributed by atoms with Crippen LogP contribution >= 0.6 is 0 Å². The van der Waals surface area contributed by atoms with Crippen LogP contribution < -0.4 is 24.8 Å². The van der Waals surface area contributed by atoms with Crippen LogP contribution in [0.15, 0.2) is 45.3 Å². The Morgan fingerprint density at radius 2 is 1.11 bits per heavy atom. The van der Waals surface area contributed by atoms with Gasteiger partial charge in [0.1, 0.15) is 0 Å². The standard InChI is InChI=1S/C23H29.C11H17.2ClH.Zr/c1-14-9-16-11-17-10-15(2)21(23(6,7)8)13-19(17)18(16)12-20(14)22(3,4)5;1-5-9-6-7-10(8-9)11(2,3)4;;;/h9-13H,1-8H3;7-9H,5H2,1-4H3;2*1H;/q;;;;+2/p-2. The molecule has 2 aromatic rings. The third kappa shape index (κ3) is 6.26. The molecule has 0 nitrogen and oxygen atoms in total. The second-order valence-corrected chi connectivity index (χ2v) is 17.6. The maximum Gasteiger partial charge on any atom is -1.00 e. The van der Waals surface area contributed by atoms with Crippen molar-refractivity contribution in [3.8, 4) is 11.1 Å². The van der Waals surface area contributed by atoms with Crippen molar-refractivity contribution in [3.05, 3.63) is 78.7 Å². The minimum Gasteiger partial charge on any atom is -1.00 e. The Labute approximate surface area is 251 Å². The van der Waals surface area contributed by atoms with Gasteiger partial charge in [0.05, 0.1) is 0 Å². The van der Waals surface area contributed by atoms with Gasteiger partial charge in [-0.15, -0.1) is 0 Å². The zero-order valence-electron chi connectivity index (χ0n) is 25.1. The molecule has 1 atom stereocenters. The summed E-state index contributed by atoms with van der Waals surface area (Å²) in [5, 5.41) is 0. The van der Waals surface area contributed by atoms with Crippen molar-refractivity contribution in [2.24, 2.45) is 11.3 Å². The van der Waals surface area contributed by atoms with Crippen molar-refractivity contribution >= 4 is 0 Å². The number of fused-ring (bicyclic) bond motifs is 3. The summed E-state index contributed by atoms with van der Waals surface area (Å²) < 4.78 is 2.40. The van der Waals surface area contributed by atoms with Crippen molar-refractivity contribution in [1.82, 2.24) is 0 Å². The Bertz CT molecular complexity index is 1160. The van der Waals surface area contributed by atoms with Gasteiger partial charge in [0.15, 0.2) is 0 Å². The van der Waals surface area contributed by atoms with Gasteiger partial charge in [-0.2, -0.15) is 0 Å². The zero-order valence-corrected chi connectivity index (χ0v) is 29.1. The molecule has 200 valence electrons. The van der Waals surface area contributed by atoms with Crippen LogP contribution in [0.5, 0.6) is 0 Å². The van der Waals surface area contributed by atoms with E-state index < -0.39 is 23.2 Å². The van der Waals surface area contributed by atoms with Crippen molar-refractivity contribution in [2.75, 3.05) is 0 Å². The van der Waals surface area contributed by atoms with Gasteiger partial charge in [0, 0.05) is 0 Å². The van der Waals surface area contributed by atoms with Crippen molar-refractivity contribution in [3.63, 3.8) is 0 Å². The number of rotatable bonds is 3. The average Bonchev–Trinajstić information content (AvgIpc) is 3.24. The van der Waals surface area contributed by atoms with Crippen LogP contribution in [0.3, 0.4) is 0 Å². The van der Waals surface area contributed by atoms with Crippen molar-refractivity contribution < 1.29 is 48.0 Å². The first-order valence-electron chi connectivity index (χ1n) is 13.5. The zero-order chi connectivity index (χ0) is 26.1. The number of allylic oxidation sites excluding steroid dienone is 4. The van der Waals surface area contributed by atoms with Crippen LogP contribution in [0.25, 0.3) is 11.1 Å². The van der Waals surface area contributed by atoms with Gasteiger partial charge in [-0.1, -0.05) is 0 Å². The molecule has 0 saturated heterocycles. The third-order valence-corrected chi connectivity index (χ3v) is 12.4. The molecule has 2 aromatic carbocycles. The SMILES string of the molecule is CCC1C=C(C(C)(C)C)C=[C]1[Zr+2][CH]1c2cc(C)c(C(C)(C)C)cc2-c2cc(C(C)(C)C)c(C)cc21.[Cl-].[Cl-]. The third-order valence-electron chi connectivity index (χ3n) is 8.03. The molecule has 0 N–H and O–H groups in total. The first kappa shape index (κ1) is 32.6.